The molecule has 126 valence electrons. The number of aliphatic imine (C=N–C) groups is 1. The molecule has 0 atom stereocenters. The fourth-order valence-corrected chi connectivity index (χ4v) is 3.35. The normalized spacial score (nSPS) is 16.3. The highest BCUT2D eigenvalue weighted by Crippen LogP contribution is 2.37. The van der Waals surface area contributed by atoms with Crippen LogP contribution in [0, 0.1) is 0 Å². The number of fused-ring (bicyclic) bond motifs is 3. The van der Waals surface area contributed by atoms with Crippen LogP contribution in [-0.4, -0.2) is 32.4 Å². The van der Waals surface area contributed by atoms with Gasteiger partial charge in [0.2, 0.25) is 5.96 Å². The molecule has 0 radical (unpaired) electrons. The Kier molecular flexibility index (Phi) is 5.92. The van der Waals surface area contributed by atoms with E-state index in [-0.39, 0.29) is 0 Å². The number of ether oxygens (including phenoxy) is 1. The summed E-state index contributed by atoms with van der Waals surface area (Å²) in [5.41, 5.74) is 2.50. The zero-order chi connectivity index (χ0) is 15.9. The van der Waals surface area contributed by atoms with Gasteiger partial charge in [-0.3, -0.25) is 9.89 Å². The van der Waals surface area contributed by atoms with Gasteiger partial charge in [-0.25, -0.2) is 0 Å². The molecule has 0 aromatic heterocycles. The Hall–Kier alpha value is -1.55. The Labute approximate surface area is 140 Å². The maximum atomic E-state index is 5.95. The first-order chi connectivity index (χ1) is 11.4. The average Bonchev–Trinajstić information content (AvgIpc) is 2.92. The minimum atomic E-state index is 0.612. The van der Waals surface area contributed by atoms with Gasteiger partial charge in [0.05, 0.1) is 11.4 Å². The van der Waals surface area contributed by atoms with Gasteiger partial charge < -0.3 is 9.64 Å². The summed E-state index contributed by atoms with van der Waals surface area (Å²) in [7, 11) is 0. The van der Waals surface area contributed by atoms with Crippen molar-refractivity contribution in [2.75, 3.05) is 36.2 Å². The quantitative estimate of drug-likeness (QED) is 0.632. The zero-order valence-corrected chi connectivity index (χ0v) is 14.3. The smallest absolute Gasteiger partial charge is 0.207 e. The lowest BCUT2D eigenvalue weighted by Crippen LogP contribution is -2.42. The highest BCUT2D eigenvalue weighted by Gasteiger charge is 2.33. The molecule has 2 heterocycles. The fraction of sp³-hybridized carbons (Fsp3) is 0.632. The number of rotatable bonds is 9. The van der Waals surface area contributed by atoms with Crippen molar-refractivity contribution >= 4 is 17.3 Å². The van der Waals surface area contributed by atoms with E-state index in [9.17, 15) is 0 Å². The summed E-state index contributed by atoms with van der Waals surface area (Å²) in [6, 6.07) is 8.55. The lowest BCUT2D eigenvalue weighted by Gasteiger charge is -2.26. The van der Waals surface area contributed by atoms with E-state index in [4.69, 9.17) is 9.73 Å². The first-order valence-corrected chi connectivity index (χ1v) is 9.18. The molecule has 1 aromatic carbocycles. The third-order valence-electron chi connectivity index (χ3n) is 4.60. The molecule has 0 amide bonds. The third kappa shape index (κ3) is 3.86. The van der Waals surface area contributed by atoms with E-state index in [1.54, 1.807) is 0 Å². The average molecular weight is 315 g/mol. The lowest BCUT2D eigenvalue weighted by molar-refractivity contribution is 0.137. The number of guanidine groups is 1. The van der Waals surface area contributed by atoms with Gasteiger partial charge in [0, 0.05) is 19.7 Å². The Morgan fingerprint density at radius 2 is 1.83 bits per heavy atom. The van der Waals surface area contributed by atoms with E-state index in [2.05, 4.69) is 41.0 Å². The third-order valence-corrected chi connectivity index (χ3v) is 4.60. The predicted molar refractivity (Wildman–Crippen MR) is 97.4 cm³/mol. The second-order valence-corrected chi connectivity index (χ2v) is 6.41. The molecular weight excluding hydrogens is 286 g/mol. The number of anilines is 2. The van der Waals surface area contributed by atoms with Gasteiger partial charge in [-0.2, -0.15) is 0 Å². The van der Waals surface area contributed by atoms with E-state index in [1.807, 2.05) is 0 Å². The van der Waals surface area contributed by atoms with Crippen LogP contribution in [0.5, 0.6) is 0 Å². The van der Waals surface area contributed by atoms with Gasteiger partial charge in [-0.05, 0) is 25.0 Å². The maximum Gasteiger partial charge on any atom is 0.207 e. The van der Waals surface area contributed by atoms with Crippen LogP contribution in [-0.2, 0) is 4.74 Å². The van der Waals surface area contributed by atoms with E-state index in [0.717, 1.165) is 38.5 Å². The molecule has 0 saturated carbocycles. The highest BCUT2D eigenvalue weighted by molar-refractivity contribution is 6.16. The first kappa shape index (κ1) is 16.3. The van der Waals surface area contributed by atoms with Crippen molar-refractivity contribution in [2.45, 2.75) is 51.9 Å². The number of hydrogen-bond acceptors (Lipinski definition) is 4. The maximum absolute atomic E-state index is 5.95. The van der Waals surface area contributed by atoms with Crippen molar-refractivity contribution in [1.29, 1.82) is 0 Å². The van der Waals surface area contributed by atoms with Gasteiger partial charge in [0.1, 0.15) is 6.73 Å². The molecule has 0 N–H and O–H groups in total. The molecule has 2 aliphatic heterocycles. The Morgan fingerprint density at radius 3 is 2.70 bits per heavy atom. The monoisotopic (exact) mass is 315 g/mol. The van der Waals surface area contributed by atoms with Crippen molar-refractivity contribution < 1.29 is 4.74 Å². The van der Waals surface area contributed by atoms with Crippen LogP contribution in [0.3, 0.4) is 0 Å². The van der Waals surface area contributed by atoms with Crippen LogP contribution in [0.1, 0.15) is 51.9 Å². The van der Waals surface area contributed by atoms with Gasteiger partial charge in [0.15, 0.2) is 0 Å². The molecule has 0 aliphatic carbocycles. The lowest BCUT2D eigenvalue weighted by atomic mass is 10.1. The fourth-order valence-electron chi connectivity index (χ4n) is 3.35. The van der Waals surface area contributed by atoms with Crippen LogP contribution in [0.4, 0.5) is 11.4 Å². The Morgan fingerprint density at radius 1 is 1.04 bits per heavy atom. The van der Waals surface area contributed by atoms with Gasteiger partial charge in [0.25, 0.3) is 0 Å². The van der Waals surface area contributed by atoms with Gasteiger partial charge in [-0.15, -0.1) is 0 Å². The molecule has 0 bridgehead atoms. The number of hydrogen-bond donors (Lipinski definition) is 0. The minimum absolute atomic E-state index is 0.612. The van der Waals surface area contributed by atoms with Crippen molar-refractivity contribution in [3.05, 3.63) is 24.3 Å². The van der Waals surface area contributed by atoms with Crippen LogP contribution < -0.4 is 9.80 Å². The summed E-state index contributed by atoms with van der Waals surface area (Å²) < 4.78 is 5.95. The summed E-state index contributed by atoms with van der Waals surface area (Å²) in [5, 5.41) is 0. The van der Waals surface area contributed by atoms with Crippen LogP contribution in [0.15, 0.2) is 29.3 Å². The predicted octanol–water partition coefficient (Wildman–Crippen LogP) is 4.41. The Bertz CT molecular complexity index is 529. The topological polar surface area (TPSA) is 28.1 Å². The van der Waals surface area contributed by atoms with Gasteiger partial charge >= 0.3 is 0 Å². The van der Waals surface area contributed by atoms with Crippen LogP contribution >= 0.6 is 0 Å². The SMILES string of the molecule is CCCCCCCCOCN1C2=NCCCN2c2ccccc21. The summed E-state index contributed by atoms with van der Waals surface area (Å²) in [5.74, 6) is 1.07. The molecular formula is C19H29N3O. The van der Waals surface area contributed by atoms with E-state index in [1.165, 1.54) is 43.5 Å². The standard InChI is InChI=1S/C19H29N3O/c1-2-3-4-5-6-9-15-23-16-22-18-12-8-7-11-17(18)21-14-10-13-20-19(21)22/h7-8,11-12H,2-6,9-10,13-16H2,1H3. The molecule has 1 aromatic rings. The molecule has 0 fully saturated rings. The molecule has 4 nitrogen and oxygen atoms in total. The van der Waals surface area contributed by atoms with Crippen molar-refractivity contribution in [3.8, 4) is 0 Å². The minimum Gasteiger partial charge on any atom is -0.361 e. The number of unbranched alkanes of at least 4 members (excludes halogenated alkanes) is 5. The second kappa shape index (κ2) is 8.34. The summed E-state index contributed by atoms with van der Waals surface area (Å²) in [4.78, 5) is 9.28. The van der Waals surface area contributed by atoms with E-state index in [0.29, 0.717) is 6.73 Å². The van der Waals surface area contributed by atoms with Gasteiger partial charge in [-0.1, -0.05) is 51.2 Å². The highest BCUT2D eigenvalue weighted by atomic mass is 16.5. The first-order valence-electron chi connectivity index (χ1n) is 9.18. The molecule has 3 rings (SSSR count). The number of para-hydroxylation sites is 2. The molecule has 2 aliphatic rings. The zero-order valence-electron chi connectivity index (χ0n) is 14.3. The molecule has 0 unspecified atom stereocenters. The molecule has 23 heavy (non-hydrogen) atoms. The second-order valence-electron chi connectivity index (χ2n) is 6.41. The van der Waals surface area contributed by atoms with E-state index >= 15 is 0 Å². The van der Waals surface area contributed by atoms with Crippen molar-refractivity contribution in [2.24, 2.45) is 4.99 Å². The molecule has 4 heteroatoms. The van der Waals surface area contributed by atoms with Crippen molar-refractivity contribution in [1.82, 2.24) is 0 Å². The summed E-state index contributed by atoms with van der Waals surface area (Å²) in [6.07, 6.45) is 8.94. The number of benzene rings is 1. The number of nitrogens with zero attached hydrogens (tertiary/aromatic N) is 3. The van der Waals surface area contributed by atoms with Crippen LogP contribution in [0.2, 0.25) is 0 Å². The Balaban J connectivity index is 1.48. The van der Waals surface area contributed by atoms with Crippen LogP contribution in [0.25, 0.3) is 0 Å². The van der Waals surface area contributed by atoms with Crippen molar-refractivity contribution in [3.63, 3.8) is 0 Å². The summed E-state index contributed by atoms with van der Waals surface area (Å²) in [6.45, 7) is 5.70. The summed E-state index contributed by atoms with van der Waals surface area (Å²) >= 11 is 0. The molecule has 0 spiro atoms. The van der Waals surface area contributed by atoms with E-state index < -0.39 is 0 Å². The molecule has 0 saturated heterocycles. The largest absolute Gasteiger partial charge is 0.361 e.